The molecule has 1 fully saturated rings. The molecule has 0 saturated carbocycles. The van der Waals surface area contributed by atoms with Crippen LogP contribution in [0.1, 0.15) is 40.2 Å². The normalized spacial score (nSPS) is 23.4. The molecule has 0 bridgehead atoms. The minimum absolute atomic E-state index is 0.0213. The van der Waals surface area contributed by atoms with E-state index in [1.54, 1.807) is 12.3 Å². The van der Waals surface area contributed by atoms with Crippen molar-refractivity contribution in [1.82, 2.24) is 10.3 Å². The number of halogens is 1. The average molecular weight is 279 g/mol. The van der Waals surface area contributed by atoms with Gasteiger partial charge in [-0.25, -0.2) is 9.37 Å². The van der Waals surface area contributed by atoms with Gasteiger partial charge in [0.15, 0.2) is 11.6 Å². The van der Waals surface area contributed by atoms with Gasteiger partial charge in [0.25, 0.3) is 0 Å². The lowest BCUT2D eigenvalue weighted by atomic mass is 10.0. The molecule has 1 aliphatic rings. The van der Waals surface area contributed by atoms with Gasteiger partial charge in [-0.1, -0.05) is 13.8 Å². The van der Waals surface area contributed by atoms with E-state index in [-0.39, 0.29) is 11.4 Å². The van der Waals surface area contributed by atoms with Gasteiger partial charge in [-0.3, -0.25) is 0 Å². The molecule has 1 saturated heterocycles. The van der Waals surface area contributed by atoms with Crippen LogP contribution in [0.15, 0.2) is 12.3 Å². The van der Waals surface area contributed by atoms with Crippen LogP contribution < -0.4 is 10.2 Å². The second-order valence-corrected chi connectivity index (χ2v) is 7.07. The SMILES string of the molecule is CC1CN(c2nccc(CNC(C)(C)C)c2F)CC1C. The molecule has 4 heteroatoms. The number of aromatic nitrogens is 1. The zero-order valence-electron chi connectivity index (χ0n) is 13.2. The van der Waals surface area contributed by atoms with Crippen molar-refractivity contribution >= 4 is 5.82 Å². The van der Waals surface area contributed by atoms with Gasteiger partial charge in [0.05, 0.1) is 0 Å². The standard InChI is InChI=1S/C16H26FN3/c1-11-9-20(10-12(11)2)15-14(17)13(6-7-18-15)8-19-16(3,4)5/h6-7,11-12,19H,8-10H2,1-5H3. The summed E-state index contributed by atoms with van der Waals surface area (Å²) in [5, 5.41) is 3.33. The third kappa shape index (κ3) is 3.48. The Hall–Kier alpha value is -1.16. The lowest BCUT2D eigenvalue weighted by Crippen LogP contribution is -2.35. The molecule has 2 heterocycles. The van der Waals surface area contributed by atoms with Crippen LogP contribution >= 0.6 is 0 Å². The van der Waals surface area contributed by atoms with Gasteiger partial charge in [0.2, 0.25) is 0 Å². The van der Waals surface area contributed by atoms with Gasteiger partial charge < -0.3 is 10.2 Å². The molecule has 0 radical (unpaired) electrons. The van der Waals surface area contributed by atoms with E-state index in [4.69, 9.17) is 0 Å². The maximum absolute atomic E-state index is 14.6. The zero-order chi connectivity index (χ0) is 14.9. The van der Waals surface area contributed by atoms with Gasteiger partial charge in [-0.2, -0.15) is 0 Å². The summed E-state index contributed by atoms with van der Waals surface area (Å²) in [7, 11) is 0. The van der Waals surface area contributed by atoms with Gasteiger partial charge >= 0.3 is 0 Å². The van der Waals surface area contributed by atoms with Crippen LogP contribution in [0.25, 0.3) is 0 Å². The molecule has 0 aromatic carbocycles. The fourth-order valence-electron chi connectivity index (χ4n) is 2.49. The van der Waals surface area contributed by atoms with E-state index in [1.165, 1.54) is 0 Å². The topological polar surface area (TPSA) is 28.2 Å². The Labute approximate surface area is 121 Å². The van der Waals surface area contributed by atoms with Crippen molar-refractivity contribution in [2.24, 2.45) is 11.8 Å². The summed E-state index contributed by atoms with van der Waals surface area (Å²) in [5.74, 6) is 1.51. The summed E-state index contributed by atoms with van der Waals surface area (Å²) in [6, 6.07) is 1.76. The number of rotatable bonds is 3. The van der Waals surface area contributed by atoms with Crippen LogP contribution in [-0.2, 0) is 6.54 Å². The first-order valence-corrected chi connectivity index (χ1v) is 7.41. The average Bonchev–Trinajstić information content (AvgIpc) is 2.67. The van der Waals surface area contributed by atoms with Crippen LogP contribution in [0, 0.1) is 17.7 Å². The highest BCUT2D eigenvalue weighted by Crippen LogP contribution is 2.29. The number of hydrogen-bond acceptors (Lipinski definition) is 3. The van der Waals surface area contributed by atoms with Crippen molar-refractivity contribution in [1.29, 1.82) is 0 Å². The zero-order valence-corrected chi connectivity index (χ0v) is 13.2. The fraction of sp³-hybridized carbons (Fsp3) is 0.688. The smallest absolute Gasteiger partial charge is 0.170 e. The monoisotopic (exact) mass is 279 g/mol. The molecule has 0 aliphatic carbocycles. The number of pyridine rings is 1. The van der Waals surface area contributed by atoms with Gasteiger partial charge in [0.1, 0.15) is 0 Å². The van der Waals surface area contributed by atoms with Crippen molar-refractivity contribution in [3.05, 3.63) is 23.6 Å². The van der Waals surface area contributed by atoms with Crippen molar-refractivity contribution in [3.63, 3.8) is 0 Å². The first-order valence-electron chi connectivity index (χ1n) is 7.41. The Bertz CT molecular complexity index is 457. The molecular formula is C16H26FN3. The summed E-state index contributed by atoms with van der Waals surface area (Å²) < 4.78 is 14.6. The third-order valence-electron chi connectivity index (χ3n) is 4.05. The highest BCUT2D eigenvalue weighted by molar-refractivity contribution is 5.44. The van der Waals surface area contributed by atoms with E-state index in [2.05, 4.69) is 49.8 Å². The predicted molar refractivity (Wildman–Crippen MR) is 81.3 cm³/mol. The van der Waals surface area contributed by atoms with Crippen molar-refractivity contribution in [2.45, 2.75) is 46.7 Å². The van der Waals surface area contributed by atoms with Crippen molar-refractivity contribution in [3.8, 4) is 0 Å². The molecule has 2 rings (SSSR count). The maximum Gasteiger partial charge on any atom is 0.170 e. The van der Waals surface area contributed by atoms with Gasteiger partial charge in [-0.05, 0) is 38.7 Å². The maximum atomic E-state index is 14.6. The molecule has 1 aromatic rings. The van der Waals surface area contributed by atoms with Crippen LogP contribution in [0.5, 0.6) is 0 Å². The lowest BCUT2D eigenvalue weighted by molar-refractivity contribution is 0.418. The molecular weight excluding hydrogens is 253 g/mol. The minimum atomic E-state index is -0.175. The van der Waals surface area contributed by atoms with Crippen LogP contribution in [-0.4, -0.2) is 23.6 Å². The Kier molecular flexibility index (Phi) is 4.33. The van der Waals surface area contributed by atoms with Crippen molar-refractivity contribution < 1.29 is 4.39 Å². The summed E-state index contributed by atoms with van der Waals surface area (Å²) >= 11 is 0. The molecule has 3 nitrogen and oxygen atoms in total. The van der Waals surface area contributed by atoms with Gasteiger partial charge in [0, 0.05) is 36.9 Å². The van der Waals surface area contributed by atoms with Crippen LogP contribution in [0.4, 0.5) is 10.2 Å². The highest BCUT2D eigenvalue weighted by Gasteiger charge is 2.29. The fourth-order valence-corrected chi connectivity index (χ4v) is 2.49. The number of nitrogens with one attached hydrogen (secondary N) is 1. The minimum Gasteiger partial charge on any atom is -0.354 e. The number of anilines is 1. The second-order valence-electron chi connectivity index (χ2n) is 7.07. The molecule has 112 valence electrons. The van der Waals surface area contributed by atoms with E-state index in [0.717, 1.165) is 13.1 Å². The number of hydrogen-bond donors (Lipinski definition) is 1. The summed E-state index contributed by atoms with van der Waals surface area (Å²) in [4.78, 5) is 6.33. The van der Waals surface area contributed by atoms with E-state index in [1.807, 2.05) is 0 Å². The van der Waals surface area contributed by atoms with E-state index in [0.29, 0.717) is 29.8 Å². The first-order chi connectivity index (χ1) is 9.28. The Morgan fingerprint density at radius 1 is 1.30 bits per heavy atom. The predicted octanol–water partition coefficient (Wildman–Crippen LogP) is 3.20. The van der Waals surface area contributed by atoms with E-state index >= 15 is 0 Å². The first kappa shape index (κ1) is 15.2. The molecule has 0 spiro atoms. The van der Waals surface area contributed by atoms with Crippen molar-refractivity contribution in [2.75, 3.05) is 18.0 Å². The molecule has 2 unspecified atom stereocenters. The van der Waals surface area contributed by atoms with E-state index in [9.17, 15) is 4.39 Å². The van der Waals surface area contributed by atoms with Gasteiger partial charge in [-0.15, -0.1) is 0 Å². The Balaban J connectivity index is 2.15. The van der Waals surface area contributed by atoms with Crippen LogP contribution in [0.2, 0.25) is 0 Å². The van der Waals surface area contributed by atoms with Crippen LogP contribution in [0.3, 0.4) is 0 Å². The molecule has 1 aliphatic heterocycles. The quantitative estimate of drug-likeness (QED) is 0.921. The molecule has 2 atom stereocenters. The largest absolute Gasteiger partial charge is 0.354 e. The third-order valence-corrected chi connectivity index (χ3v) is 4.05. The molecule has 1 aromatic heterocycles. The number of nitrogens with zero attached hydrogens (tertiary/aromatic N) is 2. The molecule has 1 N–H and O–H groups in total. The second kappa shape index (κ2) is 5.68. The summed E-state index contributed by atoms with van der Waals surface area (Å²) in [6.07, 6.45) is 1.71. The Morgan fingerprint density at radius 2 is 1.90 bits per heavy atom. The van der Waals surface area contributed by atoms with E-state index < -0.39 is 0 Å². The highest BCUT2D eigenvalue weighted by atomic mass is 19.1. The summed E-state index contributed by atoms with van der Waals surface area (Å²) in [5.41, 5.74) is 0.671. The molecule has 0 amide bonds. The Morgan fingerprint density at radius 3 is 2.45 bits per heavy atom. The molecule has 20 heavy (non-hydrogen) atoms. The summed E-state index contributed by atoms with van der Waals surface area (Å²) in [6.45, 7) is 13.0. The lowest BCUT2D eigenvalue weighted by Gasteiger charge is -2.22.